The third kappa shape index (κ3) is 4.24. The summed E-state index contributed by atoms with van der Waals surface area (Å²) >= 11 is 6.00. The molecule has 0 aliphatic carbocycles. The molecule has 1 aromatic carbocycles. The number of hydrogen-bond donors (Lipinski definition) is 2. The van der Waals surface area contributed by atoms with Crippen molar-refractivity contribution in [2.75, 3.05) is 20.6 Å². The number of aromatic hydroxyl groups is 1. The second-order valence-corrected chi connectivity index (χ2v) is 4.31. The topological polar surface area (TPSA) is 52.6 Å². The molecule has 0 aliphatic heterocycles. The van der Waals surface area contributed by atoms with Gasteiger partial charge in [-0.05, 0) is 19.2 Å². The van der Waals surface area contributed by atoms with E-state index in [-0.39, 0.29) is 11.7 Å². The second kappa shape index (κ2) is 6.47. The maximum atomic E-state index is 11.1. The highest BCUT2D eigenvalue weighted by molar-refractivity contribution is 6.31. The Balaban J connectivity index is 2.56. The van der Waals surface area contributed by atoms with Gasteiger partial charge in [-0.25, -0.2) is 0 Å². The van der Waals surface area contributed by atoms with Gasteiger partial charge in [-0.3, -0.25) is 4.79 Å². The number of nitrogens with one attached hydrogen (secondary N) is 1. The average molecular weight is 257 g/mol. The van der Waals surface area contributed by atoms with Gasteiger partial charge >= 0.3 is 0 Å². The van der Waals surface area contributed by atoms with Gasteiger partial charge in [0.1, 0.15) is 5.75 Å². The first-order valence-electron chi connectivity index (χ1n) is 5.40. The zero-order valence-corrected chi connectivity index (χ0v) is 10.8. The van der Waals surface area contributed by atoms with E-state index in [1.165, 1.54) is 0 Å². The van der Waals surface area contributed by atoms with E-state index >= 15 is 0 Å². The predicted octanol–water partition coefficient (Wildman–Crippen LogP) is 1.61. The van der Waals surface area contributed by atoms with Crippen LogP contribution >= 0.6 is 11.6 Å². The Morgan fingerprint density at radius 3 is 2.82 bits per heavy atom. The monoisotopic (exact) mass is 256 g/mol. The van der Waals surface area contributed by atoms with Gasteiger partial charge in [-0.15, -0.1) is 0 Å². The number of phenols is 1. The number of phenolic OH excluding ortho intramolecular Hbond substituents is 1. The zero-order valence-electron chi connectivity index (χ0n) is 10.0. The molecule has 0 aliphatic rings. The molecule has 0 saturated heterocycles. The molecule has 1 aromatic rings. The lowest BCUT2D eigenvalue weighted by Crippen LogP contribution is -2.26. The van der Waals surface area contributed by atoms with Crippen LogP contribution in [0, 0.1) is 0 Å². The lowest BCUT2D eigenvalue weighted by molar-refractivity contribution is -0.120. The highest BCUT2D eigenvalue weighted by atomic mass is 35.5. The average Bonchev–Trinajstić information content (AvgIpc) is 2.31. The molecular formula is C12H17ClN2O2. The maximum absolute atomic E-state index is 11.1. The Kier molecular flexibility index (Phi) is 5.25. The summed E-state index contributed by atoms with van der Waals surface area (Å²) in [4.78, 5) is 13.0. The Labute approximate surface area is 106 Å². The number of rotatable bonds is 5. The number of carbonyl (C=O) groups excluding carboxylic acids is 1. The fraction of sp³-hybridized carbons (Fsp3) is 0.417. The smallest absolute Gasteiger partial charge is 0.221 e. The minimum absolute atomic E-state index is 0.000213. The third-order valence-electron chi connectivity index (χ3n) is 2.52. The van der Waals surface area contributed by atoms with Crippen LogP contribution in [0.15, 0.2) is 18.2 Å². The molecule has 0 saturated carbocycles. The molecular weight excluding hydrogens is 240 g/mol. The molecule has 0 heterocycles. The molecule has 0 atom stereocenters. The SMILES string of the molecule is CNC(=O)CCN(C)Cc1c(O)cccc1Cl. The predicted molar refractivity (Wildman–Crippen MR) is 68.1 cm³/mol. The van der Waals surface area contributed by atoms with Crippen molar-refractivity contribution in [3.8, 4) is 5.75 Å². The first-order valence-corrected chi connectivity index (χ1v) is 5.78. The molecule has 4 nitrogen and oxygen atoms in total. The molecule has 94 valence electrons. The molecule has 2 N–H and O–H groups in total. The van der Waals surface area contributed by atoms with Gasteiger partial charge < -0.3 is 15.3 Å². The minimum Gasteiger partial charge on any atom is -0.508 e. The van der Waals surface area contributed by atoms with E-state index in [4.69, 9.17) is 11.6 Å². The molecule has 1 rings (SSSR count). The molecule has 5 heteroatoms. The van der Waals surface area contributed by atoms with Crippen molar-refractivity contribution < 1.29 is 9.90 Å². The molecule has 0 aromatic heterocycles. The van der Waals surface area contributed by atoms with Crippen molar-refractivity contribution in [1.82, 2.24) is 10.2 Å². The summed E-state index contributed by atoms with van der Waals surface area (Å²) in [5.41, 5.74) is 0.688. The molecule has 1 amide bonds. The molecule has 0 spiro atoms. The zero-order chi connectivity index (χ0) is 12.8. The molecule has 0 bridgehead atoms. The van der Waals surface area contributed by atoms with E-state index in [2.05, 4.69) is 5.32 Å². The first kappa shape index (κ1) is 13.8. The Hall–Kier alpha value is -1.26. The molecule has 0 unspecified atom stereocenters. The molecule has 17 heavy (non-hydrogen) atoms. The van der Waals surface area contributed by atoms with Crippen molar-refractivity contribution in [3.05, 3.63) is 28.8 Å². The second-order valence-electron chi connectivity index (χ2n) is 3.90. The maximum Gasteiger partial charge on any atom is 0.221 e. The normalized spacial score (nSPS) is 10.6. The van der Waals surface area contributed by atoms with Crippen molar-refractivity contribution in [1.29, 1.82) is 0 Å². The van der Waals surface area contributed by atoms with Crippen molar-refractivity contribution >= 4 is 17.5 Å². The van der Waals surface area contributed by atoms with Crippen LogP contribution in [0.3, 0.4) is 0 Å². The van der Waals surface area contributed by atoms with Crippen molar-refractivity contribution in [3.63, 3.8) is 0 Å². The lowest BCUT2D eigenvalue weighted by Gasteiger charge is -2.17. The van der Waals surface area contributed by atoms with Gasteiger partial charge in [-0.1, -0.05) is 17.7 Å². The van der Waals surface area contributed by atoms with Crippen LogP contribution in [0.1, 0.15) is 12.0 Å². The summed E-state index contributed by atoms with van der Waals surface area (Å²) in [5.74, 6) is 0.185. The largest absolute Gasteiger partial charge is 0.508 e. The van der Waals surface area contributed by atoms with E-state index in [1.54, 1.807) is 25.2 Å². The van der Waals surface area contributed by atoms with Crippen molar-refractivity contribution in [2.45, 2.75) is 13.0 Å². The van der Waals surface area contributed by atoms with Crippen LogP contribution < -0.4 is 5.32 Å². The summed E-state index contributed by atoms with van der Waals surface area (Å²) in [5, 5.41) is 12.8. The van der Waals surface area contributed by atoms with Gasteiger partial charge in [0, 0.05) is 37.1 Å². The number of hydrogen-bond acceptors (Lipinski definition) is 3. The fourth-order valence-electron chi connectivity index (χ4n) is 1.47. The van der Waals surface area contributed by atoms with E-state index in [9.17, 15) is 9.90 Å². The standard InChI is InChI=1S/C12H17ClN2O2/c1-14-12(17)6-7-15(2)8-9-10(13)4-3-5-11(9)16/h3-5,16H,6-8H2,1-2H3,(H,14,17). The summed E-state index contributed by atoms with van der Waals surface area (Å²) in [6.45, 7) is 1.13. The number of amides is 1. The Bertz CT molecular complexity index is 376. The summed E-state index contributed by atoms with van der Waals surface area (Å²) in [6.07, 6.45) is 0.429. The van der Waals surface area contributed by atoms with Crippen LogP contribution in [0.5, 0.6) is 5.75 Å². The van der Waals surface area contributed by atoms with Gasteiger partial charge in [-0.2, -0.15) is 0 Å². The van der Waals surface area contributed by atoms with Crippen molar-refractivity contribution in [2.24, 2.45) is 0 Å². The minimum atomic E-state index is 0.000213. The van der Waals surface area contributed by atoms with Crippen LogP contribution in [-0.4, -0.2) is 36.6 Å². The van der Waals surface area contributed by atoms with Crippen LogP contribution in [0.2, 0.25) is 5.02 Å². The van der Waals surface area contributed by atoms with E-state index in [0.717, 1.165) is 0 Å². The number of halogens is 1. The first-order chi connectivity index (χ1) is 8.04. The van der Waals surface area contributed by atoms with Gasteiger partial charge in [0.15, 0.2) is 0 Å². The highest BCUT2D eigenvalue weighted by Gasteiger charge is 2.09. The van der Waals surface area contributed by atoms with Gasteiger partial charge in [0.2, 0.25) is 5.91 Å². The molecule has 0 fully saturated rings. The van der Waals surface area contributed by atoms with Crippen LogP contribution in [0.25, 0.3) is 0 Å². The third-order valence-corrected chi connectivity index (χ3v) is 2.88. The lowest BCUT2D eigenvalue weighted by atomic mass is 10.2. The summed E-state index contributed by atoms with van der Waals surface area (Å²) < 4.78 is 0. The Morgan fingerprint density at radius 1 is 1.53 bits per heavy atom. The Morgan fingerprint density at radius 2 is 2.24 bits per heavy atom. The van der Waals surface area contributed by atoms with E-state index < -0.39 is 0 Å². The van der Waals surface area contributed by atoms with Crippen LogP contribution in [-0.2, 0) is 11.3 Å². The van der Waals surface area contributed by atoms with Gasteiger partial charge in [0.25, 0.3) is 0 Å². The van der Waals surface area contributed by atoms with E-state index in [1.807, 2.05) is 11.9 Å². The fourth-order valence-corrected chi connectivity index (χ4v) is 1.70. The number of nitrogens with zero attached hydrogens (tertiary/aromatic N) is 1. The number of carbonyl (C=O) groups is 1. The summed E-state index contributed by atoms with van der Waals surface area (Å²) in [7, 11) is 3.49. The molecule has 0 radical (unpaired) electrons. The number of benzene rings is 1. The summed E-state index contributed by atoms with van der Waals surface area (Å²) in [6, 6.07) is 5.04. The highest BCUT2D eigenvalue weighted by Crippen LogP contribution is 2.26. The van der Waals surface area contributed by atoms with Crippen LogP contribution in [0.4, 0.5) is 0 Å². The quantitative estimate of drug-likeness (QED) is 0.842. The van der Waals surface area contributed by atoms with Gasteiger partial charge in [0.05, 0.1) is 0 Å². The van der Waals surface area contributed by atoms with E-state index in [0.29, 0.717) is 30.1 Å².